The van der Waals surface area contributed by atoms with Crippen molar-refractivity contribution in [2.24, 2.45) is 0 Å². The van der Waals surface area contributed by atoms with Crippen LogP contribution in [0.25, 0.3) is 0 Å². The Morgan fingerprint density at radius 3 is 1.71 bits per heavy atom. The molecule has 0 radical (unpaired) electrons. The topological polar surface area (TPSA) is 103 Å². The molecule has 1 aliphatic heterocycles. The molecule has 28 heavy (non-hydrogen) atoms. The second kappa shape index (κ2) is 8.91. The van der Waals surface area contributed by atoms with E-state index >= 15 is 0 Å². The van der Waals surface area contributed by atoms with E-state index in [1.54, 1.807) is 25.4 Å². The first-order valence-electron chi connectivity index (χ1n) is 8.81. The van der Waals surface area contributed by atoms with Crippen molar-refractivity contribution in [2.75, 3.05) is 14.2 Å². The zero-order valence-corrected chi connectivity index (χ0v) is 17.0. The summed E-state index contributed by atoms with van der Waals surface area (Å²) < 4.78 is 21.6. The third-order valence-electron chi connectivity index (χ3n) is 4.76. The molecule has 8 nitrogen and oxygen atoms in total. The average Bonchev–Trinajstić information content (AvgIpc) is 2.89. The van der Waals surface area contributed by atoms with Gasteiger partial charge in [0.25, 0.3) is 0 Å². The van der Waals surface area contributed by atoms with Crippen molar-refractivity contribution < 1.29 is 28.8 Å². The minimum Gasteiger partial charge on any atom is -0.481 e. The molecule has 10 heteroatoms. The molecule has 0 atom stereocenters. The standard InChI is InChI=1S/C12H18BNO3.C6H8BNO3/c1-11(2)12(3,4)17-13(16-11)9-6-7-10(15-5)14-8-9;1-11-6-3-2-5(4-8-6)7(9)10/h6-8H,1-5H3;2-4,9-10H,1H3. The summed E-state index contributed by atoms with van der Waals surface area (Å²) in [7, 11) is 1.26. The third-order valence-corrected chi connectivity index (χ3v) is 4.76. The summed E-state index contributed by atoms with van der Waals surface area (Å²) in [5.74, 6) is 1.04. The lowest BCUT2D eigenvalue weighted by Crippen LogP contribution is -2.41. The fourth-order valence-electron chi connectivity index (χ4n) is 2.30. The lowest BCUT2D eigenvalue weighted by Gasteiger charge is -2.32. The first kappa shape index (κ1) is 22.2. The molecule has 0 spiro atoms. The lowest BCUT2D eigenvalue weighted by molar-refractivity contribution is 0.00578. The van der Waals surface area contributed by atoms with E-state index in [1.165, 1.54) is 19.4 Å². The van der Waals surface area contributed by atoms with Gasteiger partial charge in [0.2, 0.25) is 11.8 Å². The molecular formula is C18H26B2N2O6. The Morgan fingerprint density at radius 1 is 0.857 bits per heavy atom. The highest BCUT2D eigenvalue weighted by atomic mass is 16.7. The van der Waals surface area contributed by atoms with Crippen molar-refractivity contribution in [1.82, 2.24) is 9.97 Å². The fourth-order valence-corrected chi connectivity index (χ4v) is 2.30. The maximum Gasteiger partial charge on any atom is 0.496 e. The van der Waals surface area contributed by atoms with E-state index in [-0.39, 0.29) is 18.3 Å². The number of rotatable bonds is 4. The largest absolute Gasteiger partial charge is 0.496 e. The quantitative estimate of drug-likeness (QED) is 0.715. The monoisotopic (exact) mass is 388 g/mol. The Balaban J connectivity index is 0.000000221. The van der Waals surface area contributed by atoms with Crippen LogP contribution in [-0.4, -0.2) is 59.7 Å². The van der Waals surface area contributed by atoms with Gasteiger partial charge >= 0.3 is 14.2 Å². The molecule has 0 aromatic carbocycles. The van der Waals surface area contributed by atoms with Crippen molar-refractivity contribution in [3.63, 3.8) is 0 Å². The van der Waals surface area contributed by atoms with E-state index in [1.807, 2.05) is 33.8 Å². The molecule has 0 bridgehead atoms. The summed E-state index contributed by atoms with van der Waals surface area (Å²) in [5.41, 5.74) is 0.616. The van der Waals surface area contributed by atoms with E-state index in [0.717, 1.165) is 5.46 Å². The summed E-state index contributed by atoms with van der Waals surface area (Å²) in [6.45, 7) is 8.13. The van der Waals surface area contributed by atoms with Crippen molar-refractivity contribution in [3.05, 3.63) is 36.7 Å². The van der Waals surface area contributed by atoms with Gasteiger partial charge in [-0.1, -0.05) is 12.1 Å². The number of pyridine rings is 2. The van der Waals surface area contributed by atoms with Crippen molar-refractivity contribution in [3.8, 4) is 11.8 Å². The van der Waals surface area contributed by atoms with Gasteiger partial charge in [-0.25, -0.2) is 9.97 Å². The molecule has 1 aliphatic rings. The van der Waals surface area contributed by atoms with Gasteiger partial charge in [0.1, 0.15) is 0 Å². The van der Waals surface area contributed by atoms with Gasteiger partial charge in [-0.05, 0) is 39.8 Å². The highest BCUT2D eigenvalue weighted by Gasteiger charge is 2.51. The van der Waals surface area contributed by atoms with Gasteiger partial charge in [-0.3, -0.25) is 0 Å². The van der Waals surface area contributed by atoms with Gasteiger partial charge in [0, 0.05) is 23.3 Å². The van der Waals surface area contributed by atoms with Gasteiger partial charge in [-0.15, -0.1) is 0 Å². The molecule has 2 N–H and O–H groups in total. The summed E-state index contributed by atoms with van der Waals surface area (Å²) >= 11 is 0. The van der Waals surface area contributed by atoms with Crippen molar-refractivity contribution >= 4 is 25.2 Å². The predicted octanol–water partition coefficient (Wildman–Crippen LogP) is 0.159. The molecule has 150 valence electrons. The van der Waals surface area contributed by atoms with Crippen LogP contribution in [0.1, 0.15) is 27.7 Å². The Labute approximate surface area is 166 Å². The molecule has 2 aromatic heterocycles. The Kier molecular flexibility index (Phi) is 7.06. The van der Waals surface area contributed by atoms with Crippen LogP contribution in [0.15, 0.2) is 36.7 Å². The van der Waals surface area contributed by atoms with Crippen LogP contribution in [0, 0.1) is 0 Å². The summed E-state index contributed by atoms with van der Waals surface area (Å²) in [4.78, 5) is 7.93. The molecule has 1 fully saturated rings. The van der Waals surface area contributed by atoms with Crippen LogP contribution in [0.5, 0.6) is 11.8 Å². The zero-order valence-electron chi connectivity index (χ0n) is 17.0. The molecule has 2 aromatic rings. The molecule has 0 aliphatic carbocycles. The van der Waals surface area contributed by atoms with E-state index < -0.39 is 7.12 Å². The molecular weight excluding hydrogens is 362 g/mol. The minimum absolute atomic E-state index is 0.322. The molecule has 0 amide bonds. The van der Waals surface area contributed by atoms with Crippen LogP contribution in [-0.2, 0) is 9.31 Å². The van der Waals surface area contributed by atoms with E-state index in [4.69, 9.17) is 28.8 Å². The number of ether oxygens (including phenoxy) is 2. The summed E-state index contributed by atoms with van der Waals surface area (Å²) in [6, 6.07) is 6.82. The lowest BCUT2D eigenvalue weighted by atomic mass is 9.80. The molecule has 0 saturated carbocycles. The van der Waals surface area contributed by atoms with Crippen LogP contribution in [0.4, 0.5) is 0 Å². The van der Waals surface area contributed by atoms with Crippen molar-refractivity contribution in [1.29, 1.82) is 0 Å². The fraction of sp³-hybridized carbons (Fsp3) is 0.444. The molecule has 0 unspecified atom stereocenters. The predicted molar refractivity (Wildman–Crippen MR) is 107 cm³/mol. The average molecular weight is 388 g/mol. The van der Waals surface area contributed by atoms with E-state index in [9.17, 15) is 0 Å². The Bertz CT molecular complexity index is 738. The summed E-state index contributed by atoms with van der Waals surface area (Å²) in [6.07, 6.45) is 3.07. The van der Waals surface area contributed by atoms with Gasteiger partial charge in [0.15, 0.2) is 0 Å². The van der Waals surface area contributed by atoms with Gasteiger partial charge < -0.3 is 28.8 Å². The third kappa shape index (κ3) is 5.23. The highest BCUT2D eigenvalue weighted by molar-refractivity contribution is 6.62. The first-order valence-corrected chi connectivity index (χ1v) is 8.81. The van der Waals surface area contributed by atoms with E-state index in [0.29, 0.717) is 17.2 Å². The maximum absolute atomic E-state index is 8.66. The second-order valence-corrected chi connectivity index (χ2v) is 7.23. The molecule has 3 heterocycles. The minimum atomic E-state index is -1.46. The molecule has 1 saturated heterocycles. The van der Waals surface area contributed by atoms with Gasteiger partial charge in [-0.2, -0.15) is 0 Å². The molecule has 3 rings (SSSR count). The first-order chi connectivity index (χ1) is 13.1. The zero-order chi connectivity index (χ0) is 20.9. The van der Waals surface area contributed by atoms with Crippen molar-refractivity contribution in [2.45, 2.75) is 38.9 Å². The van der Waals surface area contributed by atoms with E-state index in [2.05, 4.69) is 9.97 Å². The maximum atomic E-state index is 8.66. The SMILES string of the molecule is COc1ccc(B(O)O)cn1.COc1ccc(B2OC(C)(C)C(C)(C)O2)cn1. The smallest absolute Gasteiger partial charge is 0.481 e. The number of hydrogen-bond acceptors (Lipinski definition) is 8. The second-order valence-electron chi connectivity index (χ2n) is 7.23. The van der Waals surface area contributed by atoms with Crippen LogP contribution < -0.4 is 20.4 Å². The van der Waals surface area contributed by atoms with Crippen LogP contribution in [0.2, 0.25) is 0 Å². The number of methoxy groups -OCH3 is 2. The normalized spacial score (nSPS) is 16.8. The van der Waals surface area contributed by atoms with Crippen LogP contribution >= 0.6 is 0 Å². The number of nitrogens with zero attached hydrogens (tertiary/aromatic N) is 2. The Hall–Kier alpha value is -2.13. The number of hydrogen-bond donors (Lipinski definition) is 2. The highest BCUT2D eigenvalue weighted by Crippen LogP contribution is 2.36. The van der Waals surface area contributed by atoms with Gasteiger partial charge in [0.05, 0.1) is 25.4 Å². The summed E-state index contributed by atoms with van der Waals surface area (Å²) in [5, 5.41) is 17.3. The number of aromatic nitrogens is 2. The van der Waals surface area contributed by atoms with Crippen LogP contribution in [0.3, 0.4) is 0 Å². The Morgan fingerprint density at radius 2 is 1.36 bits per heavy atom.